The van der Waals surface area contributed by atoms with Gasteiger partial charge < -0.3 is 16.2 Å². The summed E-state index contributed by atoms with van der Waals surface area (Å²) in [6.07, 6.45) is 1.00. The number of anilines is 1. The minimum atomic E-state index is -0.192. The molecule has 1 rings (SSSR count). The van der Waals surface area contributed by atoms with Crippen molar-refractivity contribution in [1.82, 2.24) is 0 Å². The molecule has 4 N–H and O–H groups in total. The van der Waals surface area contributed by atoms with Crippen LogP contribution in [0.15, 0.2) is 22.7 Å². The van der Waals surface area contributed by atoms with Gasteiger partial charge in [0.1, 0.15) is 0 Å². The van der Waals surface area contributed by atoms with Gasteiger partial charge in [-0.3, -0.25) is 4.79 Å². The van der Waals surface area contributed by atoms with Crippen LogP contribution in [0.3, 0.4) is 0 Å². The quantitative estimate of drug-likeness (QED) is 0.743. The molecule has 0 spiro atoms. The van der Waals surface area contributed by atoms with Gasteiger partial charge in [0, 0.05) is 12.5 Å². The predicted octanol–water partition coefficient (Wildman–Crippen LogP) is 2.22. The Morgan fingerprint density at radius 1 is 1.62 bits per heavy atom. The Bertz CT molecular complexity index is 382. The molecule has 1 atom stereocenters. The summed E-state index contributed by atoms with van der Waals surface area (Å²) in [6.45, 7) is 1.93. The molecule has 88 valence electrons. The van der Waals surface area contributed by atoms with Gasteiger partial charge in [0.05, 0.1) is 10.2 Å². The molecular weight excluding hydrogens is 272 g/mol. The molecule has 0 aliphatic carbocycles. The number of para-hydroxylation sites is 1. The van der Waals surface area contributed by atoms with E-state index in [9.17, 15) is 9.90 Å². The molecule has 16 heavy (non-hydrogen) atoms. The Balaban J connectivity index is 2.66. The van der Waals surface area contributed by atoms with E-state index < -0.39 is 0 Å². The fourth-order valence-corrected chi connectivity index (χ4v) is 1.57. The second-order valence-corrected chi connectivity index (χ2v) is 4.41. The van der Waals surface area contributed by atoms with Crippen LogP contribution in [0.2, 0.25) is 0 Å². The van der Waals surface area contributed by atoms with Gasteiger partial charge in [-0.25, -0.2) is 0 Å². The molecular formula is C11H15BrN2O2. The summed E-state index contributed by atoms with van der Waals surface area (Å²) < 4.78 is 0.546. The van der Waals surface area contributed by atoms with Crippen LogP contribution in [0.1, 0.15) is 19.8 Å². The lowest BCUT2D eigenvalue weighted by Gasteiger charge is -2.11. The SMILES string of the molecule is CCC(N)CC(=O)Nc1cccc(Br)c1O. The van der Waals surface area contributed by atoms with Crippen molar-refractivity contribution >= 4 is 27.5 Å². The van der Waals surface area contributed by atoms with E-state index in [1.165, 1.54) is 0 Å². The molecule has 4 nitrogen and oxygen atoms in total. The molecule has 0 bridgehead atoms. The zero-order valence-electron chi connectivity index (χ0n) is 9.03. The first-order chi connectivity index (χ1) is 7.54. The number of phenolic OH excluding ortho intramolecular Hbond substituents is 1. The van der Waals surface area contributed by atoms with E-state index in [1.54, 1.807) is 18.2 Å². The number of benzene rings is 1. The van der Waals surface area contributed by atoms with E-state index in [0.717, 1.165) is 6.42 Å². The molecule has 0 aliphatic rings. The number of hydrogen-bond acceptors (Lipinski definition) is 3. The number of nitrogens with two attached hydrogens (primary N) is 1. The molecule has 0 aromatic heterocycles. The van der Waals surface area contributed by atoms with E-state index in [-0.39, 0.29) is 24.1 Å². The Kier molecular flexibility index (Phi) is 4.76. The maximum atomic E-state index is 11.5. The highest BCUT2D eigenvalue weighted by Gasteiger charge is 2.11. The first kappa shape index (κ1) is 13.0. The van der Waals surface area contributed by atoms with Gasteiger partial charge in [-0.2, -0.15) is 0 Å². The number of rotatable bonds is 4. The zero-order valence-corrected chi connectivity index (χ0v) is 10.6. The van der Waals surface area contributed by atoms with Crippen molar-refractivity contribution in [3.05, 3.63) is 22.7 Å². The Labute approximate surface area is 103 Å². The number of carbonyl (C=O) groups is 1. The van der Waals surface area contributed by atoms with Crippen LogP contribution in [0, 0.1) is 0 Å². The molecule has 1 unspecified atom stereocenters. The second kappa shape index (κ2) is 5.86. The molecule has 0 fully saturated rings. The second-order valence-electron chi connectivity index (χ2n) is 3.56. The molecule has 1 aromatic rings. The van der Waals surface area contributed by atoms with E-state index >= 15 is 0 Å². The summed E-state index contributed by atoms with van der Waals surface area (Å²) in [6, 6.07) is 4.92. The lowest BCUT2D eigenvalue weighted by Crippen LogP contribution is -2.26. The van der Waals surface area contributed by atoms with E-state index in [2.05, 4.69) is 21.2 Å². The summed E-state index contributed by atoms with van der Waals surface area (Å²) in [5.74, 6) is -0.163. The van der Waals surface area contributed by atoms with Crippen molar-refractivity contribution in [2.75, 3.05) is 5.32 Å². The topological polar surface area (TPSA) is 75.4 Å². The molecule has 0 radical (unpaired) electrons. The largest absolute Gasteiger partial charge is 0.505 e. The van der Waals surface area contributed by atoms with Crippen LogP contribution in [0.5, 0.6) is 5.75 Å². The summed E-state index contributed by atoms with van der Waals surface area (Å²) in [7, 11) is 0. The van der Waals surface area contributed by atoms with Crippen molar-refractivity contribution in [3.63, 3.8) is 0 Å². The van der Waals surface area contributed by atoms with Crippen LogP contribution < -0.4 is 11.1 Å². The smallest absolute Gasteiger partial charge is 0.226 e. The van der Waals surface area contributed by atoms with Gasteiger partial charge in [0.15, 0.2) is 5.75 Å². The van der Waals surface area contributed by atoms with Crippen molar-refractivity contribution in [2.24, 2.45) is 5.73 Å². The van der Waals surface area contributed by atoms with Crippen LogP contribution in [0.4, 0.5) is 5.69 Å². The lowest BCUT2D eigenvalue weighted by atomic mass is 10.1. The van der Waals surface area contributed by atoms with E-state index in [4.69, 9.17) is 5.73 Å². The average Bonchev–Trinajstić information content (AvgIpc) is 2.24. The van der Waals surface area contributed by atoms with Gasteiger partial charge in [0.2, 0.25) is 5.91 Å². The Morgan fingerprint density at radius 3 is 2.94 bits per heavy atom. The molecule has 5 heteroatoms. The van der Waals surface area contributed by atoms with Gasteiger partial charge >= 0.3 is 0 Å². The van der Waals surface area contributed by atoms with Crippen LogP contribution in [-0.4, -0.2) is 17.1 Å². The maximum Gasteiger partial charge on any atom is 0.226 e. The highest BCUT2D eigenvalue weighted by atomic mass is 79.9. The van der Waals surface area contributed by atoms with Crippen molar-refractivity contribution in [2.45, 2.75) is 25.8 Å². The van der Waals surface area contributed by atoms with Crippen molar-refractivity contribution < 1.29 is 9.90 Å². The minimum Gasteiger partial charge on any atom is -0.505 e. The first-order valence-electron chi connectivity index (χ1n) is 5.07. The standard InChI is InChI=1S/C11H15BrN2O2/c1-2-7(13)6-10(15)14-9-5-3-4-8(12)11(9)16/h3-5,7,16H,2,6,13H2,1H3,(H,14,15). The molecule has 0 heterocycles. The Hall–Kier alpha value is -1.07. The average molecular weight is 287 g/mol. The molecule has 0 saturated heterocycles. The van der Waals surface area contributed by atoms with E-state index in [1.807, 2.05) is 6.92 Å². The highest BCUT2D eigenvalue weighted by molar-refractivity contribution is 9.10. The first-order valence-corrected chi connectivity index (χ1v) is 5.86. The summed E-state index contributed by atoms with van der Waals surface area (Å²) in [5, 5.41) is 12.3. The summed E-state index contributed by atoms with van der Waals surface area (Å²) >= 11 is 3.17. The van der Waals surface area contributed by atoms with Crippen LogP contribution in [-0.2, 0) is 4.79 Å². The Morgan fingerprint density at radius 2 is 2.31 bits per heavy atom. The molecule has 0 saturated carbocycles. The lowest BCUT2D eigenvalue weighted by molar-refractivity contribution is -0.116. The number of halogens is 1. The van der Waals surface area contributed by atoms with Crippen molar-refractivity contribution in [3.8, 4) is 5.75 Å². The summed E-state index contributed by atoms with van der Waals surface area (Å²) in [4.78, 5) is 11.5. The predicted molar refractivity (Wildman–Crippen MR) is 67.3 cm³/mol. The van der Waals surface area contributed by atoms with Crippen molar-refractivity contribution in [1.29, 1.82) is 0 Å². The van der Waals surface area contributed by atoms with Gasteiger partial charge in [-0.05, 0) is 34.5 Å². The number of nitrogens with one attached hydrogen (secondary N) is 1. The maximum absolute atomic E-state index is 11.5. The van der Waals surface area contributed by atoms with Gasteiger partial charge in [0.25, 0.3) is 0 Å². The molecule has 1 aromatic carbocycles. The molecule has 1 amide bonds. The number of amides is 1. The number of aromatic hydroxyl groups is 1. The van der Waals surface area contributed by atoms with Crippen LogP contribution >= 0.6 is 15.9 Å². The van der Waals surface area contributed by atoms with Gasteiger partial charge in [-0.1, -0.05) is 13.0 Å². The monoisotopic (exact) mass is 286 g/mol. The highest BCUT2D eigenvalue weighted by Crippen LogP contribution is 2.31. The molecule has 0 aliphatic heterocycles. The third-order valence-electron chi connectivity index (χ3n) is 2.23. The third kappa shape index (κ3) is 3.50. The number of carbonyl (C=O) groups excluding carboxylic acids is 1. The zero-order chi connectivity index (χ0) is 12.1. The number of hydrogen-bond donors (Lipinski definition) is 3. The fourth-order valence-electron chi connectivity index (χ4n) is 1.20. The number of phenols is 1. The minimum absolute atomic E-state index is 0.0286. The van der Waals surface area contributed by atoms with E-state index in [0.29, 0.717) is 10.2 Å². The third-order valence-corrected chi connectivity index (χ3v) is 2.87. The normalized spacial score (nSPS) is 12.2. The van der Waals surface area contributed by atoms with Crippen LogP contribution in [0.25, 0.3) is 0 Å². The van der Waals surface area contributed by atoms with Gasteiger partial charge in [-0.15, -0.1) is 0 Å². The summed E-state index contributed by atoms with van der Waals surface area (Å²) in [5.41, 5.74) is 6.05. The fraction of sp³-hybridized carbons (Fsp3) is 0.364.